The number of hydrogen-bond acceptors (Lipinski definition) is 3. The van der Waals surface area contributed by atoms with Crippen molar-refractivity contribution in [2.75, 3.05) is 5.32 Å². The third-order valence-electron chi connectivity index (χ3n) is 2.07. The number of amides is 1. The van der Waals surface area contributed by atoms with Gasteiger partial charge in [-0.2, -0.15) is 0 Å². The molecule has 1 amide bonds. The number of nitrogens with zero attached hydrogens (tertiary/aromatic N) is 2. The average Bonchev–Trinajstić information content (AvgIpc) is 2.34. The molecule has 0 aliphatic carbocycles. The van der Waals surface area contributed by atoms with Gasteiger partial charge in [-0.25, -0.2) is 4.98 Å². The van der Waals surface area contributed by atoms with Crippen molar-refractivity contribution in [1.82, 2.24) is 9.97 Å². The summed E-state index contributed by atoms with van der Waals surface area (Å²) in [7, 11) is 0. The van der Waals surface area contributed by atoms with Crippen LogP contribution in [-0.2, 0) is 4.79 Å². The van der Waals surface area contributed by atoms with Crippen molar-refractivity contribution >= 4 is 38.6 Å². The van der Waals surface area contributed by atoms with Gasteiger partial charge in [-0.1, -0.05) is 6.58 Å². The molecule has 0 aromatic carbocycles. The summed E-state index contributed by atoms with van der Waals surface area (Å²) in [6.07, 6.45) is 4.48. The second kappa shape index (κ2) is 4.91. The molecule has 2 aromatic rings. The first-order chi connectivity index (χ1) is 8.22. The van der Waals surface area contributed by atoms with E-state index < -0.39 is 0 Å². The maximum atomic E-state index is 11.4. The van der Waals surface area contributed by atoms with Gasteiger partial charge in [0.25, 0.3) is 5.91 Å². The van der Waals surface area contributed by atoms with Gasteiger partial charge in [0.1, 0.15) is 5.52 Å². The monoisotopic (exact) mass is 289 g/mol. The van der Waals surface area contributed by atoms with Crippen LogP contribution in [0.4, 0.5) is 5.82 Å². The Morgan fingerprint density at radius 2 is 2.35 bits per heavy atom. The molecule has 2 heterocycles. The molecule has 84 valence electrons. The van der Waals surface area contributed by atoms with E-state index in [4.69, 9.17) is 0 Å². The van der Waals surface area contributed by atoms with Crippen LogP contribution in [-0.4, -0.2) is 15.9 Å². The van der Waals surface area contributed by atoms with Gasteiger partial charge in [0.05, 0.1) is 0 Å². The van der Waals surface area contributed by atoms with Crippen LogP contribution in [0.15, 0.2) is 47.4 Å². The van der Waals surface area contributed by atoms with E-state index in [0.29, 0.717) is 11.3 Å². The van der Waals surface area contributed by atoms with Crippen molar-refractivity contribution in [3.05, 3.63) is 47.4 Å². The van der Waals surface area contributed by atoms with Crippen LogP contribution in [0, 0.1) is 0 Å². The highest BCUT2D eigenvalue weighted by Crippen LogP contribution is 2.25. The molecule has 0 bridgehead atoms. The molecular weight excluding hydrogens is 282 g/mol. The third kappa shape index (κ3) is 2.41. The van der Waals surface area contributed by atoms with Gasteiger partial charge in [-0.05, 0) is 28.1 Å². The Labute approximate surface area is 106 Å². The smallest absolute Gasteiger partial charge is 0.257 e. The van der Waals surface area contributed by atoms with Gasteiger partial charge < -0.3 is 5.32 Å². The zero-order chi connectivity index (χ0) is 12.3. The zero-order valence-electron chi connectivity index (χ0n) is 8.77. The third-order valence-corrected chi connectivity index (χ3v) is 2.70. The van der Waals surface area contributed by atoms with Gasteiger partial charge in [-0.3, -0.25) is 9.78 Å². The summed E-state index contributed by atoms with van der Waals surface area (Å²) in [5, 5.41) is 3.51. The Kier molecular flexibility index (Phi) is 3.32. The van der Waals surface area contributed by atoms with E-state index >= 15 is 0 Å². The van der Waals surface area contributed by atoms with E-state index in [2.05, 4.69) is 43.5 Å². The van der Waals surface area contributed by atoms with Gasteiger partial charge >= 0.3 is 0 Å². The van der Waals surface area contributed by atoms with E-state index in [0.717, 1.165) is 9.86 Å². The first-order valence-electron chi connectivity index (χ1n) is 4.78. The van der Waals surface area contributed by atoms with Crippen LogP contribution in [0.3, 0.4) is 0 Å². The lowest BCUT2D eigenvalue weighted by atomic mass is 10.2. The quantitative estimate of drug-likeness (QED) is 0.683. The molecule has 1 N–H and O–H groups in total. The summed E-state index contributed by atoms with van der Waals surface area (Å²) >= 11 is 3.38. The van der Waals surface area contributed by atoms with Crippen molar-refractivity contribution in [2.45, 2.75) is 0 Å². The first kappa shape index (κ1) is 11.5. The minimum absolute atomic E-state index is 0.332. The number of nitrogens with one attached hydrogen (secondary N) is 1. The second-order valence-electron chi connectivity index (χ2n) is 3.19. The van der Waals surface area contributed by atoms with Crippen LogP contribution in [0.5, 0.6) is 0 Å². The largest absolute Gasteiger partial charge is 0.305 e. The Morgan fingerprint density at radius 1 is 1.53 bits per heavy atom. The summed E-state index contributed by atoms with van der Waals surface area (Å²) < 4.78 is 0.831. The number of anilines is 1. The van der Waals surface area contributed by atoms with E-state index in [9.17, 15) is 4.79 Å². The molecule has 0 unspecified atom stereocenters. The molecule has 2 rings (SSSR count). The molecule has 0 aliphatic heterocycles. The van der Waals surface area contributed by atoms with Gasteiger partial charge in [0.2, 0.25) is 0 Å². The molecule has 0 aliphatic rings. The second-order valence-corrected chi connectivity index (χ2v) is 4.05. The highest BCUT2D eigenvalue weighted by atomic mass is 79.9. The fraction of sp³-hybridized carbons (Fsp3) is 0. The summed E-state index contributed by atoms with van der Waals surface area (Å²) in [6.45, 7) is 3.33. The highest BCUT2D eigenvalue weighted by molar-refractivity contribution is 9.10. The van der Waals surface area contributed by atoms with Crippen LogP contribution < -0.4 is 5.32 Å². The van der Waals surface area contributed by atoms with Crippen LogP contribution in [0.1, 0.15) is 0 Å². The van der Waals surface area contributed by atoms with Gasteiger partial charge in [0, 0.05) is 28.3 Å². The van der Waals surface area contributed by atoms with Crippen LogP contribution in [0.25, 0.3) is 10.9 Å². The number of hydrogen-bond donors (Lipinski definition) is 1. The SMILES string of the molecule is C=C=CC(=O)Nc1ncc(Br)c2cccnc12. The molecule has 0 radical (unpaired) electrons. The molecule has 0 fully saturated rings. The summed E-state index contributed by atoms with van der Waals surface area (Å²) in [5.74, 6) is 0.0853. The Hall–Kier alpha value is -1.97. The summed E-state index contributed by atoms with van der Waals surface area (Å²) in [4.78, 5) is 19.7. The first-order valence-corrected chi connectivity index (χ1v) is 5.57. The van der Waals surface area contributed by atoms with E-state index in [1.54, 1.807) is 12.4 Å². The van der Waals surface area contributed by atoms with Crippen LogP contribution >= 0.6 is 15.9 Å². The molecule has 0 saturated carbocycles. The normalized spacial score (nSPS) is 9.71. The maximum absolute atomic E-state index is 11.4. The number of rotatable bonds is 2. The van der Waals surface area contributed by atoms with E-state index in [1.807, 2.05) is 12.1 Å². The van der Waals surface area contributed by atoms with Crippen molar-refractivity contribution in [3.8, 4) is 0 Å². The highest BCUT2D eigenvalue weighted by Gasteiger charge is 2.08. The fourth-order valence-electron chi connectivity index (χ4n) is 1.38. The Morgan fingerprint density at radius 3 is 3.12 bits per heavy atom. The van der Waals surface area contributed by atoms with Crippen molar-refractivity contribution in [3.63, 3.8) is 0 Å². The standard InChI is InChI=1S/C12H8BrN3O/c1-2-4-10(17)16-12-11-8(5-3-6-14-11)9(13)7-15-12/h3-7H,1H2,(H,15,16,17). The minimum Gasteiger partial charge on any atom is -0.305 e. The number of aromatic nitrogens is 2. The maximum Gasteiger partial charge on any atom is 0.257 e. The number of carbonyl (C=O) groups is 1. The van der Waals surface area contributed by atoms with Crippen molar-refractivity contribution in [2.24, 2.45) is 0 Å². The lowest BCUT2D eigenvalue weighted by Crippen LogP contribution is -2.09. The van der Waals surface area contributed by atoms with Gasteiger partial charge in [-0.15, -0.1) is 5.73 Å². The topological polar surface area (TPSA) is 54.9 Å². The average molecular weight is 290 g/mol. The van der Waals surface area contributed by atoms with Gasteiger partial charge in [0.15, 0.2) is 5.82 Å². The minimum atomic E-state index is -0.332. The molecule has 0 atom stereocenters. The predicted octanol–water partition coefficient (Wildman–Crippen LogP) is 2.67. The Bertz CT molecular complexity index is 633. The molecule has 0 saturated heterocycles. The molecular formula is C12H8BrN3O. The summed E-state index contributed by atoms with van der Waals surface area (Å²) in [5.41, 5.74) is 3.03. The zero-order valence-corrected chi connectivity index (χ0v) is 10.4. The van der Waals surface area contributed by atoms with E-state index in [1.165, 1.54) is 6.08 Å². The molecule has 4 nitrogen and oxygen atoms in total. The molecule has 5 heteroatoms. The lowest BCUT2D eigenvalue weighted by Gasteiger charge is -2.05. The Balaban J connectivity index is 2.52. The number of fused-ring (bicyclic) bond motifs is 1. The van der Waals surface area contributed by atoms with E-state index in [-0.39, 0.29) is 5.91 Å². The number of carbonyl (C=O) groups excluding carboxylic acids is 1. The number of halogens is 1. The predicted molar refractivity (Wildman–Crippen MR) is 69.6 cm³/mol. The molecule has 0 spiro atoms. The van der Waals surface area contributed by atoms with Crippen molar-refractivity contribution in [1.29, 1.82) is 0 Å². The molecule has 17 heavy (non-hydrogen) atoms. The molecule has 2 aromatic heterocycles. The lowest BCUT2D eigenvalue weighted by molar-refractivity contribution is -0.111. The van der Waals surface area contributed by atoms with Crippen molar-refractivity contribution < 1.29 is 4.79 Å². The summed E-state index contributed by atoms with van der Waals surface area (Å²) in [6, 6.07) is 3.72. The van der Waals surface area contributed by atoms with Crippen LogP contribution in [0.2, 0.25) is 0 Å². The number of pyridine rings is 2. The fourth-order valence-corrected chi connectivity index (χ4v) is 1.80.